The van der Waals surface area contributed by atoms with Gasteiger partial charge in [0, 0.05) is 18.1 Å². The number of amides is 1. The molecule has 3 aromatic rings. The molecule has 6 nitrogen and oxygen atoms in total. The van der Waals surface area contributed by atoms with Crippen LogP contribution < -0.4 is 5.32 Å². The molecule has 0 atom stereocenters. The summed E-state index contributed by atoms with van der Waals surface area (Å²) in [5.41, 5.74) is 0. The molecule has 3 aromatic heterocycles. The van der Waals surface area contributed by atoms with Crippen molar-refractivity contribution in [2.24, 2.45) is 0 Å². The normalized spacial score (nSPS) is 10.6. The van der Waals surface area contributed by atoms with Gasteiger partial charge in [0.25, 0.3) is 0 Å². The Balaban J connectivity index is 1.70. The quantitative estimate of drug-likeness (QED) is 0.515. The predicted molar refractivity (Wildman–Crippen MR) is 95.0 cm³/mol. The van der Waals surface area contributed by atoms with Crippen LogP contribution in [0.1, 0.15) is 0 Å². The monoisotopic (exact) mass is 363 g/mol. The van der Waals surface area contributed by atoms with Crippen molar-refractivity contribution >= 4 is 45.5 Å². The number of carbonyl (C=O) groups is 1. The van der Waals surface area contributed by atoms with E-state index in [4.69, 9.17) is 0 Å². The molecule has 3 rings (SSSR count). The molecule has 0 saturated carbocycles. The summed E-state index contributed by atoms with van der Waals surface area (Å²) >= 11 is 4.34. The Morgan fingerprint density at radius 3 is 3.00 bits per heavy atom. The van der Waals surface area contributed by atoms with Crippen LogP contribution in [0, 0.1) is 0 Å². The van der Waals surface area contributed by atoms with Crippen molar-refractivity contribution in [1.82, 2.24) is 19.7 Å². The van der Waals surface area contributed by atoms with E-state index >= 15 is 0 Å². The van der Waals surface area contributed by atoms with E-state index in [2.05, 4.69) is 27.1 Å². The summed E-state index contributed by atoms with van der Waals surface area (Å²) in [6, 6.07) is 3.97. The summed E-state index contributed by atoms with van der Waals surface area (Å²) in [7, 11) is 0. The third kappa shape index (κ3) is 3.87. The lowest BCUT2D eigenvalue weighted by Gasteiger charge is -2.06. The lowest BCUT2D eigenvalue weighted by Crippen LogP contribution is -2.14. The van der Waals surface area contributed by atoms with Crippen LogP contribution in [0.15, 0.2) is 46.9 Å². The Morgan fingerprint density at radius 2 is 2.30 bits per heavy atom. The van der Waals surface area contributed by atoms with Crippen LogP contribution in [0.2, 0.25) is 0 Å². The van der Waals surface area contributed by atoms with Gasteiger partial charge in [0.2, 0.25) is 5.91 Å². The Bertz CT molecular complexity index is 780. The molecular weight excluding hydrogens is 350 g/mol. The Kier molecular flexibility index (Phi) is 5.21. The van der Waals surface area contributed by atoms with Crippen LogP contribution in [0.4, 0.5) is 5.13 Å². The predicted octanol–water partition coefficient (Wildman–Crippen LogP) is 3.38. The van der Waals surface area contributed by atoms with Gasteiger partial charge in [-0.05, 0) is 11.4 Å². The zero-order chi connectivity index (χ0) is 16.1. The highest BCUT2D eigenvalue weighted by atomic mass is 32.2. The molecule has 9 heteroatoms. The van der Waals surface area contributed by atoms with Crippen LogP contribution in [-0.2, 0) is 11.3 Å². The molecular formula is C14H13N5OS3. The van der Waals surface area contributed by atoms with Crippen LogP contribution >= 0.6 is 34.4 Å². The zero-order valence-electron chi connectivity index (χ0n) is 12.0. The number of carbonyl (C=O) groups excluding carboxylic acids is 1. The van der Waals surface area contributed by atoms with Gasteiger partial charge in [-0.1, -0.05) is 23.9 Å². The van der Waals surface area contributed by atoms with Crippen molar-refractivity contribution in [2.45, 2.75) is 11.7 Å². The van der Waals surface area contributed by atoms with Gasteiger partial charge in [0.05, 0.1) is 10.6 Å². The first-order valence-corrected chi connectivity index (χ1v) is 9.42. The molecule has 0 aliphatic carbocycles. The molecule has 0 unspecified atom stereocenters. The van der Waals surface area contributed by atoms with Gasteiger partial charge >= 0.3 is 0 Å². The molecule has 0 fully saturated rings. The maximum absolute atomic E-state index is 11.9. The molecule has 0 saturated heterocycles. The number of thiophene rings is 1. The number of allylic oxidation sites excluding steroid dienone is 1. The van der Waals surface area contributed by atoms with Gasteiger partial charge in [-0.2, -0.15) is 0 Å². The minimum atomic E-state index is -0.115. The third-order valence-electron chi connectivity index (χ3n) is 2.78. The smallest absolute Gasteiger partial charge is 0.236 e. The lowest BCUT2D eigenvalue weighted by molar-refractivity contribution is -0.113. The van der Waals surface area contributed by atoms with Gasteiger partial charge in [-0.15, -0.1) is 39.4 Å². The number of thioether (sulfide) groups is 1. The molecule has 0 aromatic carbocycles. The van der Waals surface area contributed by atoms with E-state index in [1.807, 2.05) is 27.5 Å². The van der Waals surface area contributed by atoms with E-state index in [0.717, 1.165) is 10.7 Å². The first-order valence-electron chi connectivity index (χ1n) is 6.68. The molecule has 0 aliphatic rings. The average Bonchev–Trinajstić information content (AvgIpc) is 3.27. The van der Waals surface area contributed by atoms with Gasteiger partial charge in [0.15, 0.2) is 16.1 Å². The van der Waals surface area contributed by atoms with Crippen molar-refractivity contribution in [3.8, 4) is 10.7 Å². The number of hydrogen-bond acceptors (Lipinski definition) is 7. The molecule has 1 amide bonds. The zero-order valence-corrected chi connectivity index (χ0v) is 14.5. The minimum Gasteiger partial charge on any atom is -0.301 e. The summed E-state index contributed by atoms with van der Waals surface area (Å²) in [6.07, 6.45) is 3.45. The molecule has 0 bridgehead atoms. The average molecular weight is 363 g/mol. The van der Waals surface area contributed by atoms with Crippen molar-refractivity contribution in [3.63, 3.8) is 0 Å². The number of thiazole rings is 1. The Labute approximate surface area is 145 Å². The highest BCUT2D eigenvalue weighted by Gasteiger charge is 2.15. The maximum Gasteiger partial charge on any atom is 0.236 e. The summed E-state index contributed by atoms with van der Waals surface area (Å²) in [5.74, 6) is 0.928. The van der Waals surface area contributed by atoms with E-state index in [9.17, 15) is 4.79 Å². The number of rotatable bonds is 7. The first kappa shape index (κ1) is 15.9. The number of anilines is 1. The first-order chi connectivity index (χ1) is 11.3. The summed E-state index contributed by atoms with van der Waals surface area (Å²) in [6.45, 7) is 4.37. The van der Waals surface area contributed by atoms with Gasteiger partial charge in [-0.25, -0.2) is 4.98 Å². The lowest BCUT2D eigenvalue weighted by atomic mass is 10.4. The van der Waals surface area contributed by atoms with E-state index in [1.165, 1.54) is 23.1 Å². The molecule has 3 heterocycles. The Morgan fingerprint density at radius 1 is 1.39 bits per heavy atom. The highest BCUT2D eigenvalue weighted by molar-refractivity contribution is 7.99. The fourth-order valence-electron chi connectivity index (χ4n) is 1.85. The van der Waals surface area contributed by atoms with E-state index in [-0.39, 0.29) is 11.7 Å². The van der Waals surface area contributed by atoms with E-state index in [0.29, 0.717) is 16.8 Å². The summed E-state index contributed by atoms with van der Waals surface area (Å²) in [4.78, 5) is 17.0. The largest absolute Gasteiger partial charge is 0.301 e. The third-order valence-corrected chi connectivity index (χ3v) is 5.30. The minimum absolute atomic E-state index is 0.115. The molecule has 23 heavy (non-hydrogen) atoms. The second kappa shape index (κ2) is 7.53. The molecule has 118 valence electrons. The van der Waals surface area contributed by atoms with Gasteiger partial charge in [0.1, 0.15) is 0 Å². The number of hydrogen-bond donors (Lipinski definition) is 1. The van der Waals surface area contributed by atoms with Crippen LogP contribution in [0.5, 0.6) is 0 Å². The van der Waals surface area contributed by atoms with Crippen molar-refractivity contribution < 1.29 is 4.79 Å². The SMILES string of the molecule is C=CCn1c(SCC(=O)Nc2nccs2)nnc1-c1cccs1. The second-order valence-corrected chi connectivity index (χ2v) is 7.14. The number of aromatic nitrogens is 4. The van der Waals surface area contributed by atoms with Crippen molar-refractivity contribution in [2.75, 3.05) is 11.1 Å². The topological polar surface area (TPSA) is 72.7 Å². The van der Waals surface area contributed by atoms with Crippen molar-refractivity contribution in [1.29, 1.82) is 0 Å². The number of nitrogens with zero attached hydrogens (tertiary/aromatic N) is 4. The molecule has 0 spiro atoms. The van der Waals surface area contributed by atoms with E-state index < -0.39 is 0 Å². The molecule has 0 aliphatic heterocycles. The van der Waals surface area contributed by atoms with Gasteiger partial charge in [-0.3, -0.25) is 9.36 Å². The Hall–Kier alpha value is -1.97. The fraction of sp³-hybridized carbons (Fsp3) is 0.143. The summed E-state index contributed by atoms with van der Waals surface area (Å²) in [5, 5.41) is 16.3. The van der Waals surface area contributed by atoms with Gasteiger partial charge < -0.3 is 5.32 Å². The fourth-order valence-corrected chi connectivity index (χ4v) is 3.86. The van der Waals surface area contributed by atoms with Crippen molar-refractivity contribution in [3.05, 3.63) is 41.7 Å². The molecule has 0 radical (unpaired) electrons. The standard InChI is InChI=1S/C14H13N5OS3/c1-2-6-19-12(10-4-3-7-21-10)17-18-14(19)23-9-11(20)16-13-15-5-8-22-13/h2-5,7-8H,1,6,9H2,(H,15,16,20). The maximum atomic E-state index is 11.9. The molecule has 1 N–H and O–H groups in total. The number of nitrogens with one attached hydrogen (secondary N) is 1. The van der Waals surface area contributed by atoms with Crippen LogP contribution in [0.25, 0.3) is 10.7 Å². The van der Waals surface area contributed by atoms with Crippen LogP contribution in [0.3, 0.4) is 0 Å². The highest BCUT2D eigenvalue weighted by Crippen LogP contribution is 2.27. The van der Waals surface area contributed by atoms with E-state index in [1.54, 1.807) is 23.6 Å². The second-order valence-electron chi connectivity index (χ2n) is 4.36. The summed E-state index contributed by atoms with van der Waals surface area (Å²) < 4.78 is 1.96. The van der Waals surface area contributed by atoms with Crippen LogP contribution in [-0.4, -0.2) is 31.4 Å².